The van der Waals surface area contributed by atoms with Crippen LogP contribution in [0.15, 0.2) is 48.9 Å². The number of aromatic nitrogens is 3. The summed E-state index contributed by atoms with van der Waals surface area (Å²) in [5.41, 5.74) is 0.762. The molecule has 146 valence electrons. The first-order chi connectivity index (χ1) is 13.6. The van der Waals surface area contributed by atoms with Crippen molar-refractivity contribution in [2.24, 2.45) is 5.92 Å². The lowest BCUT2D eigenvalue weighted by Gasteiger charge is -2.22. The summed E-state index contributed by atoms with van der Waals surface area (Å²) in [6.45, 7) is 2.04. The van der Waals surface area contributed by atoms with Gasteiger partial charge in [-0.2, -0.15) is 5.10 Å². The highest BCUT2D eigenvalue weighted by atomic mass is 35.5. The predicted octanol–water partition coefficient (Wildman–Crippen LogP) is 3.61. The molecular formula is C20H20ClFN4O2. The van der Waals surface area contributed by atoms with Crippen molar-refractivity contribution < 1.29 is 13.9 Å². The van der Waals surface area contributed by atoms with Crippen molar-refractivity contribution in [2.75, 3.05) is 19.8 Å². The largest absolute Gasteiger partial charge is 0.381 e. The number of rotatable bonds is 5. The van der Waals surface area contributed by atoms with Gasteiger partial charge in [0.15, 0.2) is 5.82 Å². The fraction of sp³-hybridized carbons (Fsp3) is 0.300. The van der Waals surface area contributed by atoms with Crippen molar-refractivity contribution in [1.82, 2.24) is 19.7 Å². The fourth-order valence-corrected chi connectivity index (χ4v) is 3.53. The van der Waals surface area contributed by atoms with Crippen LogP contribution >= 0.6 is 11.6 Å². The van der Waals surface area contributed by atoms with Crippen LogP contribution in [-0.2, 0) is 4.74 Å². The maximum Gasteiger partial charge on any atom is 0.256 e. The third kappa shape index (κ3) is 3.81. The maximum atomic E-state index is 13.8. The molecule has 0 unspecified atom stereocenters. The highest BCUT2D eigenvalue weighted by molar-refractivity contribution is 6.32. The Morgan fingerprint density at radius 3 is 2.79 bits per heavy atom. The number of nitrogens with zero attached hydrogens (tertiary/aromatic N) is 3. The van der Waals surface area contributed by atoms with E-state index in [-0.39, 0.29) is 5.91 Å². The van der Waals surface area contributed by atoms with Crippen LogP contribution in [0.3, 0.4) is 0 Å². The van der Waals surface area contributed by atoms with Crippen molar-refractivity contribution in [3.63, 3.8) is 0 Å². The molecule has 1 aliphatic heterocycles. The summed E-state index contributed by atoms with van der Waals surface area (Å²) in [6, 6.07) is 7.74. The number of amides is 1. The molecule has 4 rings (SSSR count). The highest BCUT2D eigenvalue weighted by Crippen LogP contribution is 2.26. The Morgan fingerprint density at radius 2 is 2.04 bits per heavy atom. The Bertz CT molecular complexity index is 965. The molecule has 1 fully saturated rings. The van der Waals surface area contributed by atoms with E-state index in [4.69, 9.17) is 16.3 Å². The molecule has 0 saturated carbocycles. The van der Waals surface area contributed by atoms with Crippen molar-refractivity contribution >= 4 is 17.5 Å². The van der Waals surface area contributed by atoms with E-state index >= 15 is 0 Å². The quantitative estimate of drug-likeness (QED) is 0.709. The highest BCUT2D eigenvalue weighted by Gasteiger charge is 2.22. The van der Waals surface area contributed by atoms with E-state index in [1.54, 1.807) is 17.0 Å². The molecule has 28 heavy (non-hydrogen) atoms. The van der Waals surface area contributed by atoms with Crippen LogP contribution in [0.25, 0.3) is 11.5 Å². The topological polar surface area (TPSA) is 61.1 Å². The molecule has 1 N–H and O–H groups in total. The molecule has 1 aliphatic rings. The Kier molecular flexibility index (Phi) is 5.45. The molecule has 6 nitrogen and oxygen atoms in total. The SMILES string of the molecule is O=C(NCC1CCOCC1)c1cnn(-c2cc(F)ccc2Cl)c1-n1cccc1. The summed E-state index contributed by atoms with van der Waals surface area (Å²) in [6.07, 6.45) is 6.95. The van der Waals surface area contributed by atoms with Crippen LogP contribution < -0.4 is 5.32 Å². The minimum absolute atomic E-state index is 0.228. The average Bonchev–Trinajstić information content (AvgIpc) is 3.38. The van der Waals surface area contributed by atoms with Crippen LogP contribution in [0.4, 0.5) is 4.39 Å². The Hall–Kier alpha value is -2.64. The molecule has 3 heterocycles. The van der Waals surface area contributed by atoms with Crippen LogP contribution in [0.2, 0.25) is 5.02 Å². The molecule has 2 aromatic heterocycles. The number of hydrogen-bond acceptors (Lipinski definition) is 3. The van der Waals surface area contributed by atoms with Gasteiger partial charge in [-0.15, -0.1) is 0 Å². The Labute approximate surface area is 166 Å². The van der Waals surface area contributed by atoms with Gasteiger partial charge in [-0.05, 0) is 43.0 Å². The summed E-state index contributed by atoms with van der Waals surface area (Å²) in [7, 11) is 0. The van der Waals surface area contributed by atoms with E-state index in [9.17, 15) is 9.18 Å². The number of benzene rings is 1. The standard InChI is InChI=1S/C20H20ClFN4O2/c21-17-4-3-15(22)11-18(17)26-20(25-7-1-2-8-25)16(13-24-26)19(27)23-12-14-5-9-28-10-6-14/h1-4,7-8,11,13-14H,5-6,9-10,12H2,(H,23,27). The molecule has 0 radical (unpaired) electrons. The van der Waals surface area contributed by atoms with Gasteiger partial charge in [0, 0.05) is 38.2 Å². The van der Waals surface area contributed by atoms with E-state index in [2.05, 4.69) is 10.4 Å². The zero-order chi connectivity index (χ0) is 19.5. The second-order valence-corrected chi connectivity index (χ2v) is 7.15. The lowest BCUT2D eigenvalue weighted by atomic mass is 10.0. The first kappa shape index (κ1) is 18.7. The van der Waals surface area contributed by atoms with Crippen LogP contribution in [0.1, 0.15) is 23.2 Å². The van der Waals surface area contributed by atoms with Gasteiger partial charge in [0.05, 0.1) is 16.9 Å². The fourth-order valence-electron chi connectivity index (χ4n) is 3.33. The number of hydrogen-bond donors (Lipinski definition) is 1. The summed E-state index contributed by atoms with van der Waals surface area (Å²) in [5.74, 6) is 0.246. The van der Waals surface area contributed by atoms with E-state index in [0.717, 1.165) is 26.1 Å². The van der Waals surface area contributed by atoms with Gasteiger partial charge in [-0.25, -0.2) is 9.07 Å². The van der Waals surface area contributed by atoms with Gasteiger partial charge < -0.3 is 14.6 Å². The average molecular weight is 403 g/mol. The van der Waals surface area contributed by atoms with Crippen molar-refractivity contribution in [1.29, 1.82) is 0 Å². The molecule has 0 atom stereocenters. The minimum atomic E-state index is -0.432. The van der Waals surface area contributed by atoms with Gasteiger partial charge in [-0.3, -0.25) is 4.79 Å². The lowest BCUT2D eigenvalue weighted by Crippen LogP contribution is -2.32. The summed E-state index contributed by atoms with van der Waals surface area (Å²) >= 11 is 6.27. The summed E-state index contributed by atoms with van der Waals surface area (Å²) in [5, 5.41) is 7.66. The molecule has 1 aromatic carbocycles. The summed E-state index contributed by atoms with van der Waals surface area (Å²) in [4.78, 5) is 12.9. The predicted molar refractivity (Wildman–Crippen MR) is 104 cm³/mol. The number of nitrogens with one attached hydrogen (secondary N) is 1. The normalized spacial score (nSPS) is 14.9. The van der Waals surface area contributed by atoms with Gasteiger partial charge in [0.25, 0.3) is 5.91 Å². The molecule has 3 aromatic rings. The zero-order valence-electron chi connectivity index (χ0n) is 15.1. The van der Waals surface area contributed by atoms with Gasteiger partial charge >= 0.3 is 0 Å². The second-order valence-electron chi connectivity index (χ2n) is 6.75. The molecule has 0 spiro atoms. The smallest absolute Gasteiger partial charge is 0.256 e. The van der Waals surface area contributed by atoms with Gasteiger partial charge in [-0.1, -0.05) is 11.6 Å². The van der Waals surface area contributed by atoms with E-state index < -0.39 is 5.82 Å². The van der Waals surface area contributed by atoms with Crippen LogP contribution in [-0.4, -0.2) is 40.0 Å². The lowest BCUT2D eigenvalue weighted by molar-refractivity contribution is 0.0642. The minimum Gasteiger partial charge on any atom is -0.381 e. The van der Waals surface area contributed by atoms with Gasteiger partial charge in [0.2, 0.25) is 0 Å². The molecule has 1 saturated heterocycles. The first-order valence-electron chi connectivity index (χ1n) is 9.16. The number of ether oxygens (including phenoxy) is 1. The second kappa shape index (κ2) is 8.16. The third-order valence-corrected chi connectivity index (χ3v) is 5.19. The zero-order valence-corrected chi connectivity index (χ0v) is 15.9. The first-order valence-corrected chi connectivity index (χ1v) is 9.54. The van der Waals surface area contributed by atoms with Crippen LogP contribution in [0.5, 0.6) is 0 Å². The summed E-state index contributed by atoms with van der Waals surface area (Å²) < 4.78 is 22.4. The van der Waals surface area contributed by atoms with Crippen molar-refractivity contribution in [2.45, 2.75) is 12.8 Å². The van der Waals surface area contributed by atoms with E-state index in [1.807, 2.05) is 12.1 Å². The Morgan fingerprint density at radius 1 is 1.29 bits per heavy atom. The molecule has 0 bridgehead atoms. The molecule has 8 heteroatoms. The van der Waals surface area contributed by atoms with Gasteiger partial charge in [0.1, 0.15) is 11.4 Å². The molecule has 0 aliphatic carbocycles. The number of carbonyl (C=O) groups is 1. The third-order valence-electron chi connectivity index (χ3n) is 4.87. The van der Waals surface area contributed by atoms with Crippen molar-refractivity contribution in [3.8, 4) is 11.5 Å². The molecule has 1 amide bonds. The van der Waals surface area contributed by atoms with Crippen LogP contribution in [0, 0.1) is 11.7 Å². The van der Waals surface area contributed by atoms with E-state index in [1.165, 1.54) is 29.1 Å². The monoisotopic (exact) mass is 402 g/mol. The van der Waals surface area contributed by atoms with E-state index in [0.29, 0.717) is 34.6 Å². The Balaban J connectivity index is 1.67. The van der Waals surface area contributed by atoms with Crippen molar-refractivity contribution in [3.05, 3.63) is 65.3 Å². The maximum absolute atomic E-state index is 13.8. The number of carbonyl (C=O) groups excluding carboxylic acids is 1. The molecular weight excluding hydrogens is 383 g/mol. The number of halogens is 2.